The lowest BCUT2D eigenvalue weighted by atomic mass is 9.83. The van der Waals surface area contributed by atoms with Gasteiger partial charge in [-0.25, -0.2) is 9.18 Å². The Morgan fingerprint density at radius 1 is 1.24 bits per heavy atom. The predicted molar refractivity (Wildman–Crippen MR) is 167 cm³/mol. The van der Waals surface area contributed by atoms with E-state index in [0.717, 1.165) is 40.6 Å². The maximum Gasteiger partial charge on any atom is 0.410 e. The van der Waals surface area contributed by atoms with Crippen molar-refractivity contribution in [1.29, 1.82) is 5.26 Å². The fourth-order valence-electron chi connectivity index (χ4n) is 5.60. The van der Waals surface area contributed by atoms with Gasteiger partial charge in [0, 0.05) is 44.2 Å². The van der Waals surface area contributed by atoms with Crippen molar-refractivity contribution in [3.05, 3.63) is 59.5 Å². The van der Waals surface area contributed by atoms with E-state index in [1.807, 2.05) is 39.1 Å². The third-order valence-electron chi connectivity index (χ3n) is 8.22. The van der Waals surface area contributed by atoms with Gasteiger partial charge in [-0.15, -0.1) is 0 Å². The average Bonchev–Trinajstić information content (AvgIpc) is 3.40. The van der Waals surface area contributed by atoms with Gasteiger partial charge in [0.25, 0.3) is 0 Å². The molecule has 2 fully saturated rings. The minimum Gasteiger partial charge on any atom is -0.453 e. The van der Waals surface area contributed by atoms with Crippen molar-refractivity contribution in [3.63, 3.8) is 0 Å². The summed E-state index contributed by atoms with van der Waals surface area (Å²) in [5.74, 6) is -0.829. The standard InChI is InChI=1S/C32H38FN5O6S/c1-6-37(5)45(40,41)36-28-10-8-26(33)29(25(28)18-34)43-24-7-9-27-21(16-24)15-22(19-35-27)23-17-32(42-20-23)11-13-38(14-12-32)30(39)44-31(2,3)4/h7-10,15-16,19,23,36H,6,11-14,17,20H2,1-5H3. The molecule has 1 unspecified atom stereocenters. The Kier molecular flexibility index (Phi) is 8.95. The molecular weight excluding hydrogens is 601 g/mol. The van der Waals surface area contributed by atoms with E-state index in [1.54, 1.807) is 30.0 Å². The zero-order valence-corrected chi connectivity index (χ0v) is 26.9. The van der Waals surface area contributed by atoms with Crippen LogP contribution in [0.5, 0.6) is 11.5 Å². The van der Waals surface area contributed by atoms with Crippen molar-refractivity contribution in [3.8, 4) is 17.6 Å². The smallest absolute Gasteiger partial charge is 0.410 e. The maximum atomic E-state index is 14.9. The largest absolute Gasteiger partial charge is 0.453 e. The number of fused-ring (bicyclic) bond motifs is 1. The quantitative estimate of drug-likeness (QED) is 0.337. The van der Waals surface area contributed by atoms with Gasteiger partial charge in [-0.1, -0.05) is 6.92 Å². The van der Waals surface area contributed by atoms with E-state index in [4.69, 9.17) is 14.2 Å². The van der Waals surface area contributed by atoms with Gasteiger partial charge in [-0.3, -0.25) is 9.71 Å². The lowest BCUT2D eigenvalue weighted by molar-refractivity contribution is -0.0485. The minimum atomic E-state index is -3.95. The second-order valence-electron chi connectivity index (χ2n) is 12.5. The van der Waals surface area contributed by atoms with Crippen molar-refractivity contribution in [2.45, 2.75) is 64.1 Å². The molecule has 1 N–H and O–H groups in total. The Hall–Kier alpha value is -3.99. The van der Waals surface area contributed by atoms with Crippen LogP contribution in [0.15, 0.2) is 42.6 Å². The number of anilines is 1. The van der Waals surface area contributed by atoms with E-state index in [9.17, 15) is 22.9 Å². The highest BCUT2D eigenvalue weighted by atomic mass is 32.2. The molecule has 1 spiro atoms. The second kappa shape index (κ2) is 12.4. The number of pyridine rings is 1. The lowest BCUT2D eigenvalue weighted by Crippen LogP contribution is -2.47. The Morgan fingerprint density at radius 3 is 2.64 bits per heavy atom. The number of benzene rings is 2. The number of aromatic nitrogens is 1. The van der Waals surface area contributed by atoms with Crippen molar-refractivity contribution in [1.82, 2.24) is 14.2 Å². The number of amides is 1. The van der Waals surface area contributed by atoms with Crippen LogP contribution in [0.1, 0.15) is 64.0 Å². The molecule has 13 heteroatoms. The molecule has 3 aromatic rings. The Balaban J connectivity index is 1.32. The number of nitriles is 1. The molecule has 1 amide bonds. The first-order valence-electron chi connectivity index (χ1n) is 14.9. The highest BCUT2D eigenvalue weighted by Crippen LogP contribution is 2.43. The summed E-state index contributed by atoms with van der Waals surface area (Å²) in [6.45, 7) is 9.10. The SMILES string of the molecule is CCN(C)S(=O)(=O)Nc1ccc(F)c(Oc2ccc3ncc(C4COC5(CCN(C(=O)OC(C)(C)C)CC5)C4)cc3c2)c1C#N. The summed E-state index contributed by atoms with van der Waals surface area (Å²) >= 11 is 0. The zero-order valence-electron chi connectivity index (χ0n) is 26.1. The molecule has 0 saturated carbocycles. The molecule has 2 aliphatic heterocycles. The van der Waals surface area contributed by atoms with E-state index >= 15 is 0 Å². The molecule has 45 heavy (non-hydrogen) atoms. The predicted octanol–water partition coefficient (Wildman–Crippen LogP) is 5.92. The molecule has 5 rings (SSSR count). The molecule has 0 radical (unpaired) electrons. The van der Waals surface area contributed by atoms with Crippen LogP contribution in [-0.2, 0) is 19.7 Å². The Labute approximate surface area is 263 Å². The number of hydrogen-bond acceptors (Lipinski definition) is 8. The number of ether oxygens (including phenoxy) is 3. The van der Waals surface area contributed by atoms with Gasteiger partial charge in [-0.05, 0) is 82.0 Å². The van der Waals surface area contributed by atoms with Gasteiger partial charge >= 0.3 is 16.3 Å². The molecular formula is C32H38FN5O6S. The van der Waals surface area contributed by atoms with Crippen LogP contribution in [0, 0.1) is 17.1 Å². The molecule has 1 aromatic heterocycles. The first kappa shape index (κ1) is 32.4. The minimum absolute atomic E-state index is 0.0916. The van der Waals surface area contributed by atoms with Crippen LogP contribution in [0.4, 0.5) is 14.9 Å². The fourth-order valence-corrected chi connectivity index (χ4v) is 6.55. The van der Waals surface area contributed by atoms with Crippen LogP contribution >= 0.6 is 0 Å². The molecule has 1 atom stereocenters. The molecule has 0 bridgehead atoms. The van der Waals surface area contributed by atoms with E-state index in [0.29, 0.717) is 25.2 Å². The van der Waals surface area contributed by atoms with Gasteiger partial charge in [0.15, 0.2) is 11.6 Å². The van der Waals surface area contributed by atoms with Crippen LogP contribution in [-0.4, -0.2) is 73.2 Å². The molecule has 11 nitrogen and oxygen atoms in total. The molecule has 0 aliphatic carbocycles. The van der Waals surface area contributed by atoms with Crippen LogP contribution in [0.3, 0.4) is 0 Å². The van der Waals surface area contributed by atoms with Gasteiger partial charge < -0.3 is 19.1 Å². The van der Waals surface area contributed by atoms with E-state index in [-0.39, 0.29) is 46.9 Å². The van der Waals surface area contributed by atoms with Crippen molar-refractivity contribution in [2.75, 3.05) is 38.0 Å². The number of carbonyl (C=O) groups is 1. The summed E-state index contributed by atoms with van der Waals surface area (Å²) in [4.78, 5) is 18.9. The summed E-state index contributed by atoms with van der Waals surface area (Å²) in [5, 5.41) is 10.6. The topological polar surface area (TPSA) is 134 Å². The number of likely N-dealkylation sites (tertiary alicyclic amines) is 1. The molecule has 2 aliphatic rings. The monoisotopic (exact) mass is 639 g/mol. The lowest BCUT2D eigenvalue weighted by Gasteiger charge is -2.39. The van der Waals surface area contributed by atoms with Crippen LogP contribution in [0.2, 0.25) is 0 Å². The highest BCUT2D eigenvalue weighted by Gasteiger charge is 2.44. The van der Waals surface area contributed by atoms with Gasteiger partial charge in [0.05, 0.1) is 23.4 Å². The zero-order chi connectivity index (χ0) is 32.6. The van der Waals surface area contributed by atoms with E-state index in [1.165, 1.54) is 13.1 Å². The summed E-state index contributed by atoms with van der Waals surface area (Å²) in [6, 6.07) is 11.2. The second-order valence-corrected chi connectivity index (χ2v) is 14.3. The van der Waals surface area contributed by atoms with E-state index in [2.05, 4.69) is 9.71 Å². The number of nitrogens with one attached hydrogen (secondary N) is 1. The fraction of sp³-hybridized carbons (Fsp3) is 0.469. The van der Waals surface area contributed by atoms with Gasteiger partial charge in [0.2, 0.25) is 0 Å². The van der Waals surface area contributed by atoms with Crippen molar-refractivity contribution >= 4 is 32.9 Å². The van der Waals surface area contributed by atoms with Crippen LogP contribution in [0.25, 0.3) is 10.9 Å². The molecule has 2 aromatic carbocycles. The van der Waals surface area contributed by atoms with Crippen molar-refractivity contribution < 1.29 is 31.8 Å². The number of hydrogen-bond donors (Lipinski definition) is 1. The summed E-state index contributed by atoms with van der Waals surface area (Å²) in [6.07, 6.45) is 3.77. The molecule has 240 valence electrons. The summed E-state index contributed by atoms with van der Waals surface area (Å²) < 4.78 is 61.2. The third kappa shape index (κ3) is 7.13. The Morgan fingerprint density at radius 2 is 1.98 bits per heavy atom. The number of halogens is 1. The van der Waals surface area contributed by atoms with E-state index < -0.39 is 21.6 Å². The van der Waals surface area contributed by atoms with Crippen LogP contribution < -0.4 is 9.46 Å². The molecule has 2 saturated heterocycles. The number of piperidine rings is 1. The summed E-state index contributed by atoms with van der Waals surface area (Å²) in [7, 11) is -2.56. The molecule has 3 heterocycles. The van der Waals surface area contributed by atoms with Crippen molar-refractivity contribution in [2.24, 2.45) is 0 Å². The summed E-state index contributed by atoms with van der Waals surface area (Å²) in [5.41, 5.74) is 0.471. The first-order chi connectivity index (χ1) is 21.2. The highest BCUT2D eigenvalue weighted by molar-refractivity contribution is 7.90. The number of carbonyl (C=O) groups excluding carboxylic acids is 1. The maximum absolute atomic E-state index is 14.9. The third-order valence-corrected chi connectivity index (χ3v) is 9.77. The first-order valence-corrected chi connectivity index (χ1v) is 16.3. The number of nitrogens with zero attached hydrogens (tertiary/aromatic N) is 4. The average molecular weight is 640 g/mol. The van der Waals surface area contributed by atoms with Gasteiger partial charge in [-0.2, -0.15) is 18.0 Å². The number of rotatable bonds is 7. The normalized spacial score (nSPS) is 18.3. The Bertz CT molecular complexity index is 1750. The van der Waals surface area contributed by atoms with Gasteiger partial charge in [0.1, 0.15) is 23.0 Å².